The first-order valence-corrected chi connectivity index (χ1v) is 5.41. The third-order valence-corrected chi connectivity index (χ3v) is 2.87. The zero-order chi connectivity index (χ0) is 11.0. The topological polar surface area (TPSA) is 50.1 Å². The second-order valence-corrected chi connectivity index (χ2v) is 3.96. The molecule has 0 atom stereocenters. The average Bonchev–Trinajstić information content (AvgIpc) is 2.73. The van der Waals surface area contributed by atoms with Crippen molar-refractivity contribution in [1.82, 2.24) is 15.1 Å². The predicted octanol–water partition coefficient (Wildman–Crippen LogP) is 1.22. The zero-order valence-electron chi connectivity index (χ0n) is 8.85. The van der Waals surface area contributed by atoms with E-state index in [0.29, 0.717) is 0 Å². The number of phenols is 1. The molecule has 4 heteroatoms. The number of para-hydroxylation sites is 2. The highest BCUT2D eigenvalue weighted by atomic mass is 16.3. The van der Waals surface area contributed by atoms with Gasteiger partial charge < -0.3 is 10.4 Å². The van der Waals surface area contributed by atoms with Crippen LogP contribution < -0.4 is 5.32 Å². The molecule has 0 amide bonds. The lowest BCUT2D eigenvalue weighted by Crippen LogP contribution is -2.22. The smallest absolute Gasteiger partial charge is 0.141 e. The summed E-state index contributed by atoms with van der Waals surface area (Å²) in [5.74, 6) is 0.260. The van der Waals surface area contributed by atoms with E-state index in [-0.39, 0.29) is 5.75 Å². The van der Waals surface area contributed by atoms with Crippen molar-refractivity contribution in [1.29, 1.82) is 0 Å². The van der Waals surface area contributed by atoms with Crippen molar-refractivity contribution in [2.45, 2.75) is 13.0 Å². The van der Waals surface area contributed by atoms with Gasteiger partial charge in [0.1, 0.15) is 11.4 Å². The van der Waals surface area contributed by atoms with E-state index in [2.05, 4.69) is 10.4 Å². The fraction of sp³-hybridized carbons (Fsp3) is 0.250. The number of aromatic nitrogens is 2. The number of rotatable bonds is 1. The van der Waals surface area contributed by atoms with Crippen molar-refractivity contribution in [2.24, 2.45) is 0 Å². The minimum atomic E-state index is 0.260. The summed E-state index contributed by atoms with van der Waals surface area (Å²) in [4.78, 5) is 0. The van der Waals surface area contributed by atoms with Crippen LogP contribution in [0.1, 0.15) is 11.3 Å². The van der Waals surface area contributed by atoms with Crippen LogP contribution in [0.15, 0.2) is 30.5 Å². The Labute approximate surface area is 93.5 Å². The standard InChI is InChI=1S/C12H13N3O/c16-12-4-2-1-3-11(12)15-8-9-5-6-13-7-10(9)14-15/h1-4,8,13,16H,5-7H2. The lowest BCUT2D eigenvalue weighted by molar-refractivity contribution is 0.470. The van der Waals surface area contributed by atoms with Gasteiger partial charge in [0.25, 0.3) is 0 Å². The molecule has 4 nitrogen and oxygen atoms in total. The lowest BCUT2D eigenvalue weighted by atomic mass is 10.1. The number of nitrogens with one attached hydrogen (secondary N) is 1. The summed E-state index contributed by atoms with van der Waals surface area (Å²) in [6.45, 7) is 1.81. The molecule has 2 aromatic rings. The molecule has 0 saturated heterocycles. The van der Waals surface area contributed by atoms with E-state index in [4.69, 9.17) is 0 Å². The van der Waals surface area contributed by atoms with Crippen LogP contribution in [-0.2, 0) is 13.0 Å². The monoisotopic (exact) mass is 215 g/mol. The van der Waals surface area contributed by atoms with E-state index in [1.54, 1.807) is 10.7 Å². The lowest BCUT2D eigenvalue weighted by Gasteiger charge is -2.09. The minimum Gasteiger partial charge on any atom is -0.506 e. The van der Waals surface area contributed by atoms with Crippen LogP contribution in [0, 0.1) is 0 Å². The molecule has 82 valence electrons. The summed E-state index contributed by atoms with van der Waals surface area (Å²) in [6.07, 6.45) is 3.01. The minimum absolute atomic E-state index is 0.260. The number of aromatic hydroxyl groups is 1. The normalized spacial score (nSPS) is 14.8. The van der Waals surface area contributed by atoms with Gasteiger partial charge in [0, 0.05) is 12.7 Å². The fourth-order valence-electron chi connectivity index (χ4n) is 2.01. The zero-order valence-corrected chi connectivity index (χ0v) is 8.85. The Bertz CT molecular complexity index is 495. The molecule has 1 aliphatic heterocycles. The number of fused-ring (bicyclic) bond motifs is 1. The average molecular weight is 215 g/mol. The maximum atomic E-state index is 9.75. The van der Waals surface area contributed by atoms with Crippen molar-refractivity contribution in [3.8, 4) is 11.4 Å². The van der Waals surface area contributed by atoms with Crippen molar-refractivity contribution in [2.75, 3.05) is 6.54 Å². The Kier molecular flexibility index (Phi) is 2.15. The Morgan fingerprint density at radius 3 is 3.00 bits per heavy atom. The first kappa shape index (κ1) is 9.42. The van der Waals surface area contributed by atoms with Crippen LogP contribution in [0.3, 0.4) is 0 Å². The van der Waals surface area contributed by atoms with Crippen molar-refractivity contribution in [3.05, 3.63) is 41.7 Å². The Morgan fingerprint density at radius 2 is 2.19 bits per heavy atom. The molecule has 1 aliphatic rings. The van der Waals surface area contributed by atoms with Crippen LogP contribution in [0.4, 0.5) is 0 Å². The molecule has 0 spiro atoms. The first-order valence-electron chi connectivity index (χ1n) is 5.41. The van der Waals surface area contributed by atoms with E-state index in [1.165, 1.54) is 5.56 Å². The summed E-state index contributed by atoms with van der Waals surface area (Å²) in [6, 6.07) is 7.24. The molecular weight excluding hydrogens is 202 g/mol. The van der Waals surface area contributed by atoms with E-state index in [9.17, 15) is 5.11 Å². The molecule has 2 heterocycles. The Balaban J connectivity index is 2.07. The Morgan fingerprint density at radius 1 is 1.31 bits per heavy atom. The third-order valence-electron chi connectivity index (χ3n) is 2.87. The maximum absolute atomic E-state index is 9.75. The van der Waals surface area contributed by atoms with Gasteiger partial charge >= 0.3 is 0 Å². The van der Waals surface area contributed by atoms with Gasteiger partial charge in [-0.25, -0.2) is 4.68 Å². The maximum Gasteiger partial charge on any atom is 0.141 e. The van der Waals surface area contributed by atoms with Gasteiger partial charge in [-0.3, -0.25) is 0 Å². The summed E-state index contributed by atoms with van der Waals surface area (Å²) in [5.41, 5.74) is 3.08. The van der Waals surface area contributed by atoms with E-state index >= 15 is 0 Å². The van der Waals surface area contributed by atoms with E-state index < -0.39 is 0 Å². The van der Waals surface area contributed by atoms with Crippen molar-refractivity contribution < 1.29 is 5.11 Å². The van der Waals surface area contributed by atoms with Crippen LogP contribution in [-0.4, -0.2) is 21.4 Å². The summed E-state index contributed by atoms with van der Waals surface area (Å²) >= 11 is 0. The highest BCUT2D eigenvalue weighted by Crippen LogP contribution is 2.22. The molecule has 1 aromatic heterocycles. The number of phenolic OH excluding ortho intramolecular Hbond substituents is 1. The van der Waals surface area contributed by atoms with Crippen LogP contribution in [0.25, 0.3) is 5.69 Å². The van der Waals surface area contributed by atoms with E-state index in [1.807, 2.05) is 24.4 Å². The van der Waals surface area contributed by atoms with Gasteiger partial charge in [0.2, 0.25) is 0 Å². The number of hydrogen-bond acceptors (Lipinski definition) is 3. The van der Waals surface area contributed by atoms with Gasteiger partial charge in [0.05, 0.1) is 5.69 Å². The molecule has 0 radical (unpaired) electrons. The predicted molar refractivity (Wildman–Crippen MR) is 60.6 cm³/mol. The molecule has 0 unspecified atom stereocenters. The highest BCUT2D eigenvalue weighted by molar-refractivity contribution is 5.45. The van der Waals surface area contributed by atoms with Crippen LogP contribution in [0.5, 0.6) is 5.75 Å². The molecule has 0 fully saturated rings. The van der Waals surface area contributed by atoms with Gasteiger partial charge in [-0.1, -0.05) is 12.1 Å². The van der Waals surface area contributed by atoms with Gasteiger partial charge in [-0.2, -0.15) is 5.10 Å². The second kappa shape index (κ2) is 3.64. The molecular formula is C12H13N3O. The van der Waals surface area contributed by atoms with Gasteiger partial charge in [0.15, 0.2) is 0 Å². The number of benzene rings is 1. The molecule has 16 heavy (non-hydrogen) atoms. The molecule has 1 aromatic carbocycles. The van der Waals surface area contributed by atoms with Crippen LogP contribution >= 0.6 is 0 Å². The largest absolute Gasteiger partial charge is 0.506 e. The fourth-order valence-corrected chi connectivity index (χ4v) is 2.01. The van der Waals surface area contributed by atoms with Gasteiger partial charge in [-0.15, -0.1) is 0 Å². The molecule has 0 saturated carbocycles. The molecule has 0 bridgehead atoms. The van der Waals surface area contributed by atoms with E-state index in [0.717, 1.165) is 30.9 Å². The molecule has 2 N–H and O–H groups in total. The second-order valence-electron chi connectivity index (χ2n) is 3.96. The summed E-state index contributed by atoms with van der Waals surface area (Å²) < 4.78 is 1.76. The van der Waals surface area contributed by atoms with Crippen molar-refractivity contribution >= 4 is 0 Å². The number of nitrogens with zero attached hydrogens (tertiary/aromatic N) is 2. The SMILES string of the molecule is Oc1ccccc1-n1cc2c(n1)CNCC2. The first-order chi connectivity index (χ1) is 7.84. The summed E-state index contributed by atoms with van der Waals surface area (Å²) in [7, 11) is 0. The number of hydrogen-bond donors (Lipinski definition) is 2. The third kappa shape index (κ3) is 1.47. The quantitative estimate of drug-likeness (QED) is 0.752. The van der Waals surface area contributed by atoms with Crippen molar-refractivity contribution in [3.63, 3.8) is 0 Å². The molecule has 3 rings (SSSR count). The van der Waals surface area contributed by atoms with Crippen LogP contribution in [0.2, 0.25) is 0 Å². The molecule has 0 aliphatic carbocycles. The highest BCUT2D eigenvalue weighted by Gasteiger charge is 2.14. The van der Waals surface area contributed by atoms with Gasteiger partial charge in [-0.05, 0) is 30.7 Å². The summed E-state index contributed by atoms with van der Waals surface area (Å²) in [5, 5.41) is 17.5. The Hall–Kier alpha value is -1.81.